The van der Waals surface area contributed by atoms with Crippen molar-refractivity contribution in [1.82, 2.24) is 15.1 Å². The van der Waals surface area contributed by atoms with Crippen LogP contribution < -0.4 is 5.32 Å². The third-order valence-electron chi connectivity index (χ3n) is 5.75. The largest absolute Gasteiger partial charge is 0.366 e. The number of likely N-dealkylation sites (tertiary alicyclic amines) is 1. The minimum atomic E-state index is -0.393. The highest BCUT2D eigenvalue weighted by Crippen LogP contribution is 2.20. The lowest BCUT2D eigenvalue weighted by Crippen LogP contribution is -2.53. The van der Waals surface area contributed by atoms with Gasteiger partial charge in [0, 0.05) is 38.6 Å². The van der Waals surface area contributed by atoms with Gasteiger partial charge in [-0.1, -0.05) is 19.1 Å². The Morgan fingerprint density at radius 3 is 2.68 bits per heavy atom. The molecule has 1 aromatic rings. The first-order valence-electron chi connectivity index (χ1n) is 10.1. The fraction of sp³-hybridized carbons (Fsp3) is 0.619. The maximum absolute atomic E-state index is 13.6. The van der Waals surface area contributed by atoms with Crippen LogP contribution in [0.1, 0.15) is 30.9 Å². The molecule has 0 aliphatic carbocycles. The molecule has 1 atom stereocenters. The molecular formula is C21H30FN3O3. The number of morpholine rings is 1. The van der Waals surface area contributed by atoms with Gasteiger partial charge in [-0.15, -0.1) is 0 Å². The fourth-order valence-corrected chi connectivity index (χ4v) is 3.78. The molecular weight excluding hydrogens is 361 g/mol. The second kappa shape index (κ2) is 9.47. The lowest BCUT2D eigenvalue weighted by molar-refractivity contribution is -0.151. The summed E-state index contributed by atoms with van der Waals surface area (Å²) in [6.07, 6.45) is 0.893. The summed E-state index contributed by atoms with van der Waals surface area (Å²) in [4.78, 5) is 29.2. The van der Waals surface area contributed by atoms with Crippen molar-refractivity contribution < 1.29 is 18.7 Å². The molecule has 154 valence electrons. The summed E-state index contributed by atoms with van der Waals surface area (Å²) in [6.45, 7) is 8.27. The number of carbonyl (C=O) groups excluding carboxylic acids is 2. The number of likely N-dealkylation sites (N-methyl/N-ethyl adjacent to an activating group) is 1. The van der Waals surface area contributed by atoms with E-state index in [2.05, 4.69) is 17.1 Å². The molecule has 3 rings (SSSR count). The van der Waals surface area contributed by atoms with E-state index in [-0.39, 0.29) is 23.5 Å². The van der Waals surface area contributed by atoms with E-state index in [1.807, 2.05) is 11.0 Å². The van der Waals surface area contributed by atoms with E-state index in [1.165, 1.54) is 6.07 Å². The van der Waals surface area contributed by atoms with Crippen LogP contribution in [0.5, 0.6) is 0 Å². The van der Waals surface area contributed by atoms with Crippen molar-refractivity contribution in [2.75, 3.05) is 39.3 Å². The normalized spacial score (nSPS) is 21.5. The fourth-order valence-electron chi connectivity index (χ4n) is 3.78. The van der Waals surface area contributed by atoms with Gasteiger partial charge in [0.15, 0.2) is 0 Å². The molecule has 0 saturated carbocycles. The number of piperidine rings is 1. The Hall–Kier alpha value is -1.99. The highest BCUT2D eigenvalue weighted by atomic mass is 19.1. The van der Waals surface area contributed by atoms with Gasteiger partial charge in [-0.25, -0.2) is 4.39 Å². The number of amides is 2. The Morgan fingerprint density at radius 2 is 2.00 bits per heavy atom. The molecule has 7 heteroatoms. The monoisotopic (exact) mass is 391 g/mol. The number of rotatable bonds is 5. The molecule has 2 fully saturated rings. The summed E-state index contributed by atoms with van der Waals surface area (Å²) in [5, 5.41) is 2.90. The molecule has 6 nitrogen and oxygen atoms in total. The van der Waals surface area contributed by atoms with Gasteiger partial charge in [-0.3, -0.25) is 14.5 Å². The van der Waals surface area contributed by atoms with Gasteiger partial charge in [-0.2, -0.15) is 0 Å². The molecule has 28 heavy (non-hydrogen) atoms. The summed E-state index contributed by atoms with van der Waals surface area (Å²) in [7, 11) is 0. The average molecular weight is 391 g/mol. The predicted octanol–water partition coefficient (Wildman–Crippen LogP) is 1.71. The van der Waals surface area contributed by atoms with E-state index in [9.17, 15) is 14.0 Å². The van der Waals surface area contributed by atoms with Crippen molar-refractivity contribution in [2.45, 2.75) is 39.3 Å². The van der Waals surface area contributed by atoms with E-state index in [1.54, 1.807) is 13.0 Å². The number of hydrogen-bond donors (Lipinski definition) is 1. The molecule has 0 radical (unpaired) electrons. The highest BCUT2D eigenvalue weighted by molar-refractivity contribution is 5.82. The van der Waals surface area contributed by atoms with Crippen LogP contribution in [0.15, 0.2) is 18.2 Å². The van der Waals surface area contributed by atoms with Gasteiger partial charge >= 0.3 is 0 Å². The molecule has 2 aliphatic rings. The van der Waals surface area contributed by atoms with Crippen molar-refractivity contribution in [3.63, 3.8) is 0 Å². The number of ether oxygens (including phenoxy) is 1. The molecule has 2 saturated heterocycles. The quantitative estimate of drug-likeness (QED) is 0.830. The van der Waals surface area contributed by atoms with Gasteiger partial charge in [0.25, 0.3) is 5.91 Å². The topological polar surface area (TPSA) is 61.9 Å². The number of halogens is 1. The van der Waals surface area contributed by atoms with Crippen molar-refractivity contribution in [2.24, 2.45) is 5.92 Å². The molecule has 1 unspecified atom stereocenters. The Kier molecular flexibility index (Phi) is 7.02. The lowest BCUT2D eigenvalue weighted by atomic mass is 9.95. The third kappa shape index (κ3) is 5.08. The Balaban J connectivity index is 1.44. The first-order chi connectivity index (χ1) is 13.5. The molecule has 1 N–H and O–H groups in total. The van der Waals surface area contributed by atoms with Crippen molar-refractivity contribution >= 4 is 11.8 Å². The van der Waals surface area contributed by atoms with Crippen molar-refractivity contribution in [1.29, 1.82) is 0 Å². The summed E-state index contributed by atoms with van der Waals surface area (Å²) in [6, 6.07) is 5.00. The SMILES string of the molecule is CCN1CCOC(C(=O)N2CCC(C(=O)NCc3ccc(C)c(F)c3)CC2)C1. The molecule has 0 aromatic heterocycles. The van der Waals surface area contributed by atoms with Crippen molar-refractivity contribution in [3.05, 3.63) is 35.1 Å². The number of aryl methyl sites for hydroxylation is 1. The van der Waals surface area contributed by atoms with Crippen LogP contribution in [0.2, 0.25) is 0 Å². The first-order valence-corrected chi connectivity index (χ1v) is 10.1. The highest BCUT2D eigenvalue weighted by Gasteiger charge is 2.33. The van der Waals surface area contributed by atoms with E-state index < -0.39 is 6.10 Å². The summed E-state index contributed by atoms with van der Waals surface area (Å²) < 4.78 is 19.3. The Morgan fingerprint density at radius 1 is 1.25 bits per heavy atom. The lowest BCUT2D eigenvalue weighted by Gasteiger charge is -2.37. The van der Waals surface area contributed by atoms with Gasteiger partial charge in [-0.05, 0) is 43.5 Å². The molecule has 0 bridgehead atoms. The van der Waals surface area contributed by atoms with Gasteiger partial charge < -0.3 is 15.0 Å². The number of nitrogens with zero attached hydrogens (tertiary/aromatic N) is 2. The molecule has 2 amide bonds. The number of hydrogen-bond acceptors (Lipinski definition) is 4. The minimum absolute atomic E-state index is 0.0286. The van der Waals surface area contributed by atoms with Crippen LogP contribution in [-0.2, 0) is 20.9 Å². The smallest absolute Gasteiger partial charge is 0.253 e. The van der Waals surface area contributed by atoms with Crippen LogP contribution in [0.3, 0.4) is 0 Å². The summed E-state index contributed by atoms with van der Waals surface area (Å²) >= 11 is 0. The van der Waals surface area contributed by atoms with Crippen molar-refractivity contribution in [3.8, 4) is 0 Å². The number of nitrogens with one attached hydrogen (secondary N) is 1. The van der Waals surface area contributed by atoms with Crippen LogP contribution >= 0.6 is 0 Å². The van der Waals surface area contributed by atoms with Gasteiger partial charge in [0.2, 0.25) is 5.91 Å². The zero-order valence-corrected chi connectivity index (χ0v) is 16.7. The maximum Gasteiger partial charge on any atom is 0.253 e. The van der Waals surface area contributed by atoms with Crippen LogP contribution in [0.4, 0.5) is 4.39 Å². The second-order valence-electron chi connectivity index (χ2n) is 7.65. The van der Waals surface area contributed by atoms with E-state index in [0.29, 0.717) is 51.2 Å². The van der Waals surface area contributed by atoms with E-state index in [4.69, 9.17) is 4.74 Å². The average Bonchev–Trinajstić information content (AvgIpc) is 2.74. The number of carbonyl (C=O) groups is 2. The summed E-state index contributed by atoms with van der Waals surface area (Å²) in [5.41, 5.74) is 1.34. The second-order valence-corrected chi connectivity index (χ2v) is 7.65. The van der Waals surface area contributed by atoms with Gasteiger partial charge in [0.1, 0.15) is 11.9 Å². The Labute approximate surface area is 166 Å². The molecule has 2 heterocycles. The molecule has 0 spiro atoms. The predicted molar refractivity (Wildman–Crippen MR) is 104 cm³/mol. The summed E-state index contributed by atoms with van der Waals surface area (Å²) in [5.74, 6) is -0.366. The Bertz CT molecular complexity index is 704. The van der Waals surface area contributed by atoms with Gasteiger partial charge in [0.05, 0.1) is 6.61 Å². The zero-order chi connectivity index (χ0) is 20.1. The van der Waals surface area contributed by atoms with E-state index >= 15 is 0 Å². The van der Waals surface area contributed by atoms with Crippen LogP contribution in [0.25, 0.3) is 0 Å². The first kappa shape index (κ1) is 20.7. The standard InChI is InChI=1S/C21H30FN3O3/c1-3-24-10-11-28-19(14-24)21(27)25-8-6-17(7-9-25)20(26)23-13-16-5-4-15(2)18(22)12-16/h4-5,12,17,19H,3,6-11,13-14H2,1-2H3,(H,23,26). The van der Waals surface area contributed by atoms with Crippen LogP contribution in [0, 0.1) is 18.7 Å². The van der Waals surface area contributed by atoms with Crippen LogP contribution in [-0.4, -0.2) is 67.0 Å². The molecule has 1 aromatic carbocycles. The molecule has 2 aliphatic heterocycles. The van der Waals surface area contributed by atoms with E-state index in [0.717, 1.165) is 18.7 Å². The maximum atomic E-state index is 13.6. The minimum Gasteiger partial charge on any atom is -0.366 e. The zero-order valence-electron chi connectivity index (χ0n) is 16.7. The number of benzene rings is 1. The third-order valence-corrected chi connectivity index (χ3v) is 5.75.